The van der Waals surface area contributed by atoms with Gasteiger partial charge in [-0.1, -0.05) is 27.7 Å². The van der Waals surface area contributed by atoms with E-state index in [0.717, 1.165) is 4.88 Å². The van der Waals surface area contributed by atoms with Crippen LogP contribution in [0.5, 0.6) is 0 Å². The van der Waals surface area contributed by atoms with Gasteiger partial charge in [0.05, 0.1) is 4.88 Å². The molecule has 0 aliphatic heterocycles. The lowest BCUT2D eigenvalue weighted by atomic mass is 10.2. The summed E-state index contributed by atoms with van der Waals surface area (Å²) < 4.78 is 0. The molecule has 0 unspecified atom stereocenters. The normalized spacial score (nSPS) is 8.50. The second-order valence-corrected chi connectivity index (χ2v) is 3.71. The van der Waals surface area contributed by atoms with Crippen molar-refractivity contribution >= 4 is 17.1 Å². The molecular formula is C14H20N2OS. The fourth-order valence-corrected chi connectivity index (χ4v) is 2.07. The van der Waals surface area contributed by atoms with Crippen LogP contribution in [-0.2, 0) is 0 Å². The Balaban J connectivity index is 0.000000659. The number of hydrogen-bond acceptors (Lipinski definition) is 4. The van der Waals surface area contributed by atoms with Crippen molar-refractivity contribution in [3.8, 4) is 10.7 Å². The van der Waals surface area contributed by atoms with E-state index in [0.29, 0.717) is 11.4 Å². The van der Waals surface area contributed by atoms with Crippen molar-refractivity contribution in [3.05, 3.63) is 35.5 Å². The van der Waals surface area contributed by atoms with Gasteiger partial charge in [-0.15, -0.1) is 11.3 Å². The Labute approximate surface area is 113 Å². The number of thiophene rings is 1. The van der Waals surface area contributed by atoms with E-state index < -0.39 is 0 Å². The first-order valence-corrected chi connectivity index (χ1v) is 7.03. The highest BCUT2D eigenvalue weighted by atomic mass is 32.1. The predicted octanol–water partition coefficient (Wildman–Crippen LogP) is 4.46. The maximum absolute atomic E-state index is 11.3. The van der Waals surface area contributed by atoms with E-state index in [4.69, 9.17) is 0 Å². The van der Waals surface area contributed by atoms with Crippen molar-refractivity contribution in [2.75, 3.05) is 0 Å². The highest BCUT2D eigenvalue weighted by Gasteiger charge is 2.11. The van der Waals surface area contributed by atoms with Crippen LogP contribution in [0.25, 0.3) is 10.7 Å². The number of carbonyl (C=O) groups is 1. The van der Waals surface area contributed by atoms with Gasteiger partial charge in [-0.2, -0.15) is 0 Å². The molecule has 4 heteroatoms. The van der Waals surface area contributed by atoms with Crippen LogP contribution < -0.4 is 0 Å². The Bertz CT molecular complexity index is 452. The van der Waals surface area contributed by atoms with Gasteiger partial charge in [0.25, 0.3) is 0 Å². The second kappa shape index (κ2) is 9.48. The van der Waals surface area contributed by atoms with E-state index in [1.807, 2.05) is 33.1 Å². The first-order valence-electron chi connectivity index (χ1n) is 6.15. The monoisotopic (exact) mass is 264 g/mol. The number of aromatic nitrogens is 2. The number of hydrogen-bond donors (Lipinski definition) is 0. The molecule has 0 saturated carbocycles. The van der Waals surface area contributed by atoms with Crippen molar-refractivity contribution in [1.82, 2.24) is 9.97 Å². The lowest BCUT2D eigenvalue weighted by molar-refractivity contribution is 0.101. The lowest BCUT2D eigenvalue weighted by Crippen LogP contribution is -1.93. The Morgan fingerprint density at radius 2 is 1.67 bits per heavy atom. The molecular weight excluding hydrogens is 244 g/mol. The van der Waals surface area contributed by atoms with Crippen LogP contribution in [0.15, 0.2) is 29.9 Å². The van der Waals surface area contributed by atoms with Crippen LogP contribution in [-0.4, -0.2) is 15.8 Å². The Morgan fingerprint density at radius 3 is 2.17 bits per heavy atom. The number of ketones is 1. The molecule has 0 saturated heterocycles. The zero-order chi connectivity index (χ0) is 14.0. The highest BCUT2D eigenvalue weighted by Crippen LogP contribution is 2.26. The van der Waals surface area contributed by atoms with Gasteiger partial charge in [0.1, 0.15) is 0 Å². The molecule has 18 heavy (non-hydrogen) atoms. The first-order chi connectivity index (χ1) is 8.79. The number of rotatable bonds is 2. The quantitative estimate of drug-likeness (QED) is 0.752. The molecule has 0 N–H and O–H groups in total. The second-order valence-electron chi connectivity index (χ2n) is 2.79. The summed E-state index contributed by atoms with van der Waals surface area (Å²) in [6.45, 7) is 9.55. The van der Waals surface area contributed by atoms with Crippen LogP contribution in [0.4, 0.5) is 0 Å². The summed E-state index contributed by atoms with van der Waals surface area (Å²) in [5.74, 6) is 0.668. The van der Waals surface area contributed by atoms with Gasteiger partial charge in [0, 0.05) is 18.0 Å². The van der Waals surface area contributed by atoms with Crippen LogP contribution >= 0.6 is 11.3 Å². The molecule has 98 valence electrons. The average molecular weight is 264 g/mol. The highest BCUT2D eigenvalue weighted by molar-refractivity contribution is 7.13. The third-order valence-corrected chi connectivity index (χ3v) is 2.72. The molecule has 2 heterocycles. The Morgan fingerprint density at radius 1 is 1.11 bits per heavy atom. The van der Waals surface area contributed by atoms with Gasteiger partial charge >= 0.3 is 0 Å². The standard InChI is InChI=1S/C10H8N2OS.2C2H6/c1-7(13)8-3-6-14-9(8)10-11-4-2-5-12-10;2*1-2/h2-6H,1H3;2*1-2H3. The summed E-state index contributed by atoms with van der Waals surface area (Å²) in [6, 6.07) is 3.56. The zero-order valence-electron chi connectivity index (χ0n) is 11.6. The molecule has 0 aliphatic rings. The minimum absolute atomic E-state index is 0.0497. The van der Waals surface area contributed by atoms with Crippen molar-refractivity contribution in [1.29, 1.82) is 0 Å². The molecule has 0 fully saturated rings. The van der Waals surface area contributed by atoms with Crippen LogP contribution in [0, 0.1) is 0 Å². The minimum atomic E-state index is 0.0497. The van der Waals surface area contributed by atoms with Crippen LogP contribution in [0.3, 0.4) is 0 Å². The van der Waals surface area contributed by atoms with E-state index >= 15 is 0 Å². The first kappa shape index (κ1) is 16.4. The predicted molar refractivity (Wildman–Crippen MR) is 78.0 cm³/mol. The van der Waals surface area contributed by atoms with E-state index in [-0.39, 0.29) is 5.78 Å². The molecule has 3 nitrogen and oxygen atoms in total. The third kappa shape index (κ3) is 4.37. The summed E-state index contributed by atoms with van der Waals surface area (Å²) in [4.78, 5) is 20.3. The summed E-state index contributed by atoms with van der Waals surface area (Å²) in [5.41, 5.74) is 0.696. The molecule has 0 aromatic carbocycles. The van der Waals surface area contributed by atoms with E-state index in [1.54, 1.807) is 31.5 Å². The van der Waals surface area contributed by atoms with Gasteiger partial charge in [-0.25, -0.2) is 9.97 Å². The van der Waals surface area contributed by atoms with E-state index in [2.05, 4.69) is 9.97 Å². The Kier molecular flexibility index (Phi) is 8.66. The van der Waals surface area contributed by atoms with Crippen LogP contribution in [0.1, 0.15) is 45.0 Å². The van der Waals surface area contributed by atoms with E-state index in [9.17, 15) is 4.79 Å². The van der Waals surface area contributed by atoms with Crippen LogP contribution in [0.2, 0.25) is 0 Å². The van der Waals surface area contributed by atoms with E-state index in [1.165, 1.54) is 11.3 Å². The molecule has 0 amide bonds. The lowest BCUT2D eigenvalue weighted by Gasteiger charge is -1.97. The van der Waals surface area contributed by atoms with Crippen molar-refractivity contribution < 1.29 is 4.79 Å². The molecule has 0 aliphatic carbocycles. The van der Waals surface area contributed by atoms with Gasteiger partial charge in [0.15, 0.2) is 11.6 Å². The zero-order valence-corrected chi connectivity index (χ0v) is 12.4. The largest absolute Gasteiger partial charge is 0.294 e. The van der Waals surface area contributed by atoms with Gasteiger partial charge in [0.2, 0.25) is 0 Å². The summed E-state index contributed by atoms with van der Waals surface area (Å²) in [6.07, 6.45) is 3.35. The number of nitrogens with zero attached hydrogens (tertiary/aromatic N) is 2. The van der Waals surface area contributed by atoms with Gasteiger partial charge in [-0.3, -0.25) is 4.79 Å². The molecule has 0 radical (unpaired) electrons. The molecule has 2 aromatic rings. The molecule has 0 bridgehead atoms. The van der Waals surface area contributed by atoms with Gasteiger partial charge in [-0.05, 0) is 24.4 Å². The molecule has 2 aromatic heterocycles. The SMILES string of the molecule is CC.CC.CC(=O)c1ccsc1-c1ncccn1. The fourth-order valence-electron chi connectivity index (χ4n) is 1.18. The average Bonchev–Trinajstić information content (AvgIpc) is 2.94. The third-order valence-electron chi connectivity index (χ3n) is 1.81. The molecule has 0 atom stereocenters. The fraction of sp³-hybridized carbons (Fsp3) is 0.357. The molecule has 0 spiro atoms. The molecule has 2 rings (SSSR count). The van der Waals surface area contributed by atoms with Crippen molar-refractivity contribution in [2.45, 2.75) is 34.6 Å². The Hall–Kier alpha value is -1.55. The smallest absolute Gasteiger partial charge is 0.170 e. The topological polar surface area (TPSA) is 42.9 Å². The number of carbonyl (C=O) groups excluding carboxylic acids is 1. The maximum atomic E-state index is 11.3. The van der Waals surface area contributed by atoms with Crippen molar-refractivity contribution in [2.24, 2.45) is 0 Å². The summed E-state index contributed by atoms with van der Waals surface area (Å²) in [7, 11) is 0. The number of Topliss-reactive ketones (excluding diaryl/α,β-unsaturated/α-hetero) is 1. The minimum Gasteiger partial charge on any atom is -0.294 e. The summed E-state index contributed by atoms with van der Waals surface area (Å²) in [5, 5.41) is 1.88. The van der Waals surface area contributed by atoms with Crippen molar-refractivity contribution in [3.63, 3.8) is 0 Å². The summed E-state index contributed by atoms with van der Waals surface area (Å²) >= 11 is 1.49. The maximum Gasteiger partial charge on any atom is 0.170 e. The van der Waals surface area contributed by atoms with Gasteiger partial charge < -0.3 is 0 Å².